The fourth-order valence-electron chi connectivity index (χ4n) is 1.86. The SMILES string of the molecule is COCC(C)NCC(O)c1ccc2c(c1)OCO2. The predicted octanol–water partition coefficient (Wildman–Crippen LogP) is 1.07. The van der Waals surface area contributed by atoms with Gasteiger partial charge in [0.25, 0.3) is 0 Å². The first kappa shape index (κ1) is 13.1. The highest BCUT2D eigenvalue weighted by molar-refractivity contribution is 5.45. The third kappa shape index (κ3) is 3.13. The van der Waals surface area contributed by atoms with E-state index in [-0.39, 0.29) is 12.8 Å². The monoisotopic (exact) mass is 253 g/mol. The molecule has 0 aromatic heterocycles. The zero-order chi connectivity index (χ0) is 13.0. The first-order chi connectivity index (χ1) is 8.70. The third-order valence-electron chi connectivity index (χ3n) is 2.86. The molecule has 1 aromatic carbocycles. The lowest BCUT2D eigenvalue weighted by Gasteiger charge is -2.17. The van der Waals surface area contributed by atoms with Crippen molar-refractivity contribution < 1.29 is 19.3 Å². The molecule has 2 rings (SSSR count). The molecule has 0 radical (unpaired) electrons. The van der Waals surface area contributed by atoms with Crippen molar-refractivity contribution in [1.82, 2.24) is 5.32 Å². The molecular weight excluding hydrogens is 234 g/mol. The van der Waals surface area contributed by atoms with Gasteiger partial charge in [-0.05, 0) is 24.6 Å². The van der Waals surface area contributed by atoms with Crippen LogP contribution < -0.4 is 14.8 Å². The minimum atomic E-state index is -0.571. The highest BCUT2D eigenvalue weighted by atomic mass is 16.7. The van der Waals surface area contributed by atoms with E-state index in [4.69, 9.17) is 14.2 Å². The minimum Gasteiger partial charge on any atom is -0.454 e. The fraction of sp³-hybridized carbons (Fsp3) is 0.538. The maximum absolute atomic E-state index is 10.1. The summed E-state index contributed by atoms with van der Waals surface area (Å²) in [5, 5.41) is 13.3. The molecule has 0 aliphatic carbocycles. The van der Waals surface area contributed by atoms with Gasteiger partial charge < -0.3 is 24.6 Å². The second-order valence-electron chi connectivity index (χ2n) is 4.39. The van der Waals surface area contributed by atoms with Crippen LogP contribution in [-0.4, -0.2) is 38.2 Å². The van der Waals surface area contributed by atoms with Crippen LogP contribution in [0.2, 0.25) is 0 Å². The molecule has 1 aliphatic rings. The molecule has 0 amide bonds. The van der Waals surface area contributed by atoms with Gasteiger partial charge in [-0.15, -0.1) is 0 Å². The fourth-order valence-corrected chi connectivity index (χ4v) is 1.86. The van der Waals surface area contributed by atoms with Gasteiger partial charge in [0, 0.05) is 19.7 Å². The molecule has 5 heteroatoms. The lowest BCUT2D eigenvalue weighted by molar-refractivity contribution is 0.143. The van der Waals surface area contributed by atoms with Gasteiger partial charge in [0.15, 0.2) is 11.5 Å². The summed E-state index contributed by atoms with van der Waals surface area (Å²) in [6.45, 7) is 3.35. The molecule has 2 N–H and O–H groups in total. The number of benzene rings is 1. The molecular formula is C13H19NO4. The van der Waals surface area contributed by atoms with E-state index in [1.807, 2.05) is 25.1 Å². The van der Waals surface area contributed by atoms with Crippen molar-refractivity contribution in [2.75, 3.05) is 27.1 Å². The van der Waals surface area contributed by atoms with Crippen LogP contribution in [0.25, 0.3) is 0 Å². The summed E-state index contributed by atoms with van der Waals surface area (Å²) < 4.78 is 15.5. The van der Waals surface area contributed by atoms with Gasteiger partial charge >= 0.3 is 0 Å². The van der Waals surface area contributed by atoms with Crippen molar-refractivity contribution >= 4 is 0 Å². The topological polar surface area (TPSA) is 60.0 Å². The van der Waals surface area contributed by atoms with Crippen LogP contribution >= 0.6 is 0 Å². The van der Waals surface area contributed by atoms with Crippen molar-refractivity contribution in [3.8, 4) is 11.5 Å². The first-order valence-corrected chi connectivity index (χ1v) is 6.00. The van der Waals surface area contributed by atoms with Crippen molar-refractivity contribution in [2.45, 2.75) is 19.1 Å². The summed E-state index contributed by atoms with van der Waals surface area (Å²) in [6.07, 6.45) is -0.571. The summed E-state index contributed by atoms with van der Waals surface area (Å²) >= 11 is 0. The number of rotatable bonds is 6. The lowest BCUT2D eigenvalue weighted by atomic mass is 10.1. The van der Waals surface area contributed by atoms with Crippen LogP contribution in [-0.2, 0) is 4.74 Å². The van der Waals surface area contributed by atoms with E-state index < -0.39 is 6.10 Å². The Labute approximate surface area is 107 Å². The lowest BCUT2D eigenvalue weighted by Crippen LogP contribution is -2.33. The molecule has 1 aliphatic heterocycles. The summed E-state index contributed by atoms with van der Waals surface area (Å²) in [7, 11) is 1.66. The molecule has 2 atom stereocenters. The van der Waals surface area contributed by atoms with E-state index in [9.17, 15) is 5.11 Å². The zero-order valence-corrected chi connectivity index (χ0v) is 10.7. The number of ether oxygens (including phenoxy) is 3. The number of methoxy groups -OCH3 is 1. The van der Waals surface area contributed by atoms with Gasteiger partial charge in [-0.1, -0.05) is 6.07 Å². The number of hydrogen-bond donors (Lipinski definition) is 2. The second kappa shape index (κ2) is 6.04. The number of nitrogens with one attached hydrogen (secondary N) is 1. The maximum Gasteiger partial charge on any atom is 0.231 e. The van der Waals surface area contributed by atoms with Crippen molar-refractivity contribution in [3.05, 3.63) is 23.8 Å². The molecule has 1 aromatic rings. The van der Waals surface area contributed by atoms with Crippen molar-refractivity contribution in [1.29, 1.82) is 0 Å². The van der Waals surface area contributed by atoms with Gasteiger partial charge in [0.1, 0.15) is 0 Å². The van der Waals surface area contributed by atoms with E-state index in [0.29, 0.717) is 18.9 Å². The highest BCUT2D eigenvalue weighted by Crippen LogP contribution is 2.34. The molecule has 18 heavy (non-hydrogen) atoms. The van der Waals surface area contributed by atoms with Gasteiger partial charge in [0.2, 0.25) is 6.79 Å². The third-order valence-corrected chi connectivity index (χ3v) is 2.86. The van der Waals surface area contributed by atoms with Crippen LogP contribution in [0.5, 0.6) is 11.5 Å². The molecule has 5 nitrogen and oxygen atoms in total. The second-order valence-corrected chi connectivity index (χ2v) is 4.39. The Morgan fingerprint density at radius 3 is 2.94 bits per heavy atom. The van der Waals surface area contributed by atoms with E-state index in [1.54, 1.807) is 7.11 Å². The largest absolute Gasteiger partial charge is 0.454 e. The summed E-state index contributed by atoms with van der Waals surface area (Å²) in [5.41, 5.74) is 0.816. The Kier molecular flexibility index (Phi) is 4.41. The molecule has 0 fully saturated rings. The van der Waals surface area contributed by atoms with Crippen molar-refractivity contribution in [3.63, 3.8) is 0 Å². The Bertz CT molecular complexity index is 397. The molecule has 0 bridgehead atoms. The van der Waals surface area contributed by atoms with Crippen LogP contribution in [0.4, 0.5) is 0 Å². The zero-order valence-electron chi connectivity index (χ0n) is 10.7. The van der Waals surface area contributed by atoms with E-state index >= 15 is 0 Å². The Morgan fingerprint density at radius 1 is 1.39 bits per heavy atom. The normalized spacial score (nSPS) is 16.6. The summed E-state index contributed by atoms with van der Waals surface area (Å²) in [4.78, 5) is 0. The number of hydrogen-bond acceptors (Lipinski definition) is 5. The van der Waals surface area contributed by atoms with E-state index in [1.165, 1.54) is 0 Å². The number of fused-ring (bicyclic) bond motifs is 1. The first-order valence-electron chi connectivity index (χ1n) is 6.00. The standard InChI is InChI=1S/C13H19NO4/c1-9(7-16-2)14-6-11(15)10-3-4-12-13(5-10)18-8-17-12/h3-5,9,11,14-15H,6-8H2,1-2H3. The maximum atomic E-state index is 10.1. The average Bonchev–Trinajstić information content (AvgIpc) is 2.83. The van der Waals surface area contributed by atoms with Gasteiger partial charge in [-0.25, -0.2) is 0 Å². The summed E-state index contributed by atoms with van der Waals surface area (Å²) in [5.74, 6) is 1.42. The Balaban J connectivity index is 1.90. The van der Waals surface area contributed by atoms with Gasteiger partial charge in [-0.3, -0.25) is 0 Å². The smallest absolute Gasteiger partial charge is 0.231 e. The molecule has 0 spiro atoms. The molecule has 0 saturated heterocycles. The van der Waals surface area contributed by atoms with Crippen LogP contribution in [0, 0.1) is 0 Å². The molecule has 1 heterocycles. The average molecular weight is 253 g/mol. The Morgan fingerprint density at radius 2 is 2.17 bits per heavy atom. The number of aliphatic hydroxyl groups excluding tert-OH is 1. The molecule has 100 valence electrons. The molecule has 0 saturated carbocycles. The van der Waals surface area contributed by atoms with Gasteiger partial charge in [0.05, 0.1) is 12.7 Å². The quantitative estimate of drug-likeness (QED) is 0.794. The van der Waals surface area contributed by atoms with Crippen molar-refractivity contribution in [2.24, 2.45) is 0 Å². The van der Waals surface area contributed by atoms with Crippen LogP contribution in [0.15, 0.2) is 18.2 Å². The summed E-state index contributed by atoms with van der Waals surface area (Å²) in [6, 6.07) is 5.69. The highest BCUT2D eigenvalue weighted by Gasteiger charge is 2.16. The Hall–Kier alpha value is -1.30. The predicted molar refractivity (Wildman–Crippen MR) is 66.9 cm³/mol. The van der Waals surface area contributed by atoms with Crippen LogP contribution in [0.3, 0.4) is 0 Å². The van der Waals surface area contributed by atoms with E-state index in [0.717, 1.165) is 11.3 Å². The molecule has 2 unspecified atom stereocenters. The number of aliphatic hydroxyl groups is 1. The van der Waals surface area contributed by atoms with Crippen LogP contribution in [0.1, 0.15) is 18.6 Å². The van der Waals surface area contributed by atoms with Gasteiger partial charge in [-0.2, -0.15) is 0 Å². The van der Waals surface area contributed by atoms with E-state index in [2.05, 4.69) is 5.32 Å². The minimum absolute atomic E-state index is 0.207.